The number of carbonyl (C=O) groups excluding carboxylic acids is 1. The second kappa shape index (κ2) is 8.63. The number of nitrogens with one attached hydrogen (secondary N) is 2. The fourth-order valence-corrected chi connectivity index (χ4v) is 4.40. The van der Waals surface area contributed by atoms with Gasteiger partial charge in [-0.15, -0.1) is 11.3 Å². The van der Waals surface area contributed by atoms with E-state index in [0.29, 0.717) is 12.6 Å². The molecule has 0 aliphatic heterocycles. The lowest BCUT2D eigenvalue weighted by molar-refractivity contribution is 0.0953. The number of thiazole rings is 1. The van der Waals surface area contributed by atoms with Crippen LogP contribution in [0.5, 0.6) is 0 Å². The molecule has 2 aromatic rings. The molecule has 0 bridgehead atoms. The van der Waals surface area contributed by atoms with Crippen molar-refractivity contribution in [1.82, 2.24) is 20.2 Å². The zero-order valence-corrected chi connectivity index (χ0v) is 16.0. The van der Waals surface area contributed by atoms with Crippen LogP contribution in [0, 0.1) is 13.8 Å². The van der Waals surface area contributed by atoms with Crippen molar-refractivity contribution < 1.29 is 4.79 Å². The number of carbonyl (C=O) groups is 1. The van der Waals surface area contributed by atoms with Gasteiger partial charge in [0.1, 0.15) is 0 Å². The van der Waals surface area contributed by atoms with E-state index in [4.69, 9.17) is 0 Å². The lowest BCUT2D eigenvalue weighted by Gasteiger charge is -2.16. The van der Waals surface area contributed by atoms with Crippen molar-refractivity contribution in [2.45, 2.75) is 58.4 Å². The van der Waals surface area contributed by atoms with Gasteiger partial charge in [0.25, 0.3) is 5.91 Å². The van der Waals surface area contributed by atoms with Gasteiger partial charge in [0, 0.05) is 42.1 Å². The Balaban J connectivity index is 1.52. The molecule has 136 valence electrons. The fraction of sp³-hybridized carbons (Fsp3) is 0.579. The molecule has 1 fully saturated rings. The Kier molecular flexibility index (Phi) is 6.26. The first-order chi connectivity index (χ1) is 12.2. The van der Waals surface area contributed by atoms with Crippen molar-refractivity contribution in [1.29, 1.82) is 0 Å². The minimum absolute atomic E-state index is 0.00132. The Hall–Kier alpha value is -1.66. The van der Waals surface area contributed by atoms with Crippen LogP contribution in [0.3, 0.4) is 0 Å². The monoisotopic (exact) mass is 360 g/mol. The summed E-state index contributed by atoms with van der Waals surface area (Å²) in [6.45, 7) is 5.49. The summed E-state index contributed by atoms with van der Waals surface area (Å²) >= 11 is 1.58. The summed E-state index contributed by atoms with van der Waals surface area (Å²) in [5.41, 5.74) is 2.72. The summed E-state index contributed by atoms with van der Waals surface area (Å²) in [5, 5.41) is 9.50. The molecule has 0 atom stereocenters. The molecular weight excluding hydrogens is 332 g/mol. The van der Waals surface area contributed by atoms with Gasteiger partial charge in [0.05, 0.1) is 5.56 Å². The van der Waals surface area contributed by atoms with Crippen LogP contribution in [0.4, 0.5) is 0 Å². The van der Waals surface area contributed by atoms with Gasteiger partial charge in [0.15, 0.2) is 5.13 Å². The minimum Gasteiger partial charge on any atom is -0.351 e. The maximum absolute atomic E-state index is 12.5. The molecule has 2 N–H and O–H groups in total. The van der Waals surface area contributed by atoms with E-state index >= 15 is 0 Å². The largest absolute Gasteiger partial charge is 0.351 e. The van der Waals surface area contributed by atoms with E-state index in [9.17, 15) is 4.79 Å². The number of hydrogen-bond donors (Lipinski definition) is 2. The fourth-order valence-electron chi connectivity index (χ4n) is 3.64. The highest BCUT2D eigenvalue weighted by Gasteiger charge is 2.17. The third kappa shape index (κ3) is 4.50. The quantitative estimate of drug-likeness (QED) is 0.611. The first-order valence-electron chi connectivity index (χ1n) is 9.27. The van der Waals surface area contributed by atoms with E-state index in [2.05, 4.69) is 15.6 Å². The molecule has 5 nitrogen and oxygen atoms in total. The number of aromatic nitrogens is 2. The molecule has 25 heavy (non-hydrogen) atoms. The first kappa shape index (κ1) is 18.1. The molecule has 6 heteroatoms. The molecule has 1 aliphatic carbocycles. The average Bonchev–Trinajstić information content (AvgIpc) is 3.12. The second-order valence-corrected chi connectivity index (χ2v) is 7.71. The Morgan fingerprint density at radius 3 is 2.68 bits per heavy atom. The molecule has 3 rings (SSSR count). The normalized spacial score (nSPS) is 15.9. The zero-order valence-electron chi connectivity index (χ0n) is 15.2. The van der Waals surface area contributed by atoms with Gasteiger partial charge in [-0.3, -0.25) is 9.36 Å². The lowest BCUT2D eigenvalue weighted by atomic mass is 10.1. The summed E-state index contributed by atoms with van der Waals surface area (Å²) in [6, 6.07) is 2.57. The standard InChI is InChI=1S/C19H28N4OS/c1-14-13-17(15(2)23(14)19-22-11-12-25-19)18(24)21-10-9-20-16-7-5-3-4-6-8-16/h11-13,16,20H,3-10H2,1-2H3,(H,21,24). The van der Waals surface area contributed by atoms with E-state index in [1.54, 1.807) is 17.5 Å². The number of rotatable bonds is 6. The minimum atomic E-state index is -0.00132. The third-order valence-corrected chi connectivity index (χ3v) is 5.74. The molecule has 2 aromatic heterocycles. The second-order valence-electron chi connectivity index (χ2n) is 6.83. The van der Waals surface area contributed by atoms with Gasteiger partial charge >= 0.3 is 0 Å². The summed E-state index contributed by atoms with van der Waals surface area (Å²) in [7, 11) is 0. The van der Waals surface area contributed by atoms with Gasteiger partial charge in [0.2, 0.25) is 0 Å². The Bertz CT molecular complexity index is 685. The van der Waals surface area contributed by atoms with E-state index in [0.717, 1.165) is 28.6 Å². The van der Waals surface area contributed by atoms with Crippen LogP contribution in [0.2, 0.25) is 0 Å². The molecular formula is C19H28N4OS. The molecule has 1 saturated carbocycles. The SMILES string of the molecule is Cc1cc(C(=O)NCCNC2CCCCCC2)c(C)n1-c1nccs1. The van der Waals surface area contributed by atoms with Gasteiger partial charge in [-0.05, 0) is 32.8 Å². The molecule has 2 heterocycles. The summed E-state index contributed by atoms with van der Waals surface area (Å²) in [6.07, 6.45) is 9.70. The average molecular weight is 361 g/mol. The molecule has 0 aromatic carbocycles. The summed E-state index contributed by atoms with van der Waals surface area (Å²) < 4.78 is 2.04. The van der Waals surface area contributed by atoms with E-state index in [1.807, 2.05) is 29.9 Å². The van der Waals surface area contributed by atoms with Crippen LogP contribution in [0.25, 0.3) is 5.13 Å². The van der Waals surface area contributed by atoms with Gasteiger partial charge in [-0.25, -0.2) is 4.98 Å². The van der Waals surface area contributed by atoms with Gasteiger partial charge in [-0.1, -0.05) is 25.7 Å². The maximum atomic E-state index is 12.5. The van der Waals surface area contributed by atoms with Crippen LogP contribution in [0.1, 0.15) is 60.3 Å². The van der Waals surface area contributed by atoms with Crippen molar-refractivity contribution in [2.24, 2.45) is 0 Å². The van der Waals surface area contributed by atoms with Crippen molar-refractivity contribution >= 4 is 17.2 Å². The van der Waals surface area contributed by atoms with Crippen LogP contribution in [-0.2, 0) is 0 Å². The Morgan fingerprint density at radius 2 is 2.00 bits per heavy atom. The predicted octanol–water partition coefficient (Wildman–Crippen LogP) is 3.59. The molecule has 1 aliphatic rings. The van der Waals surface area contributed by atoms with Crippen LogP contribution in [-0.4, -0.2) is 34.6 Å². The Labute approximate surface area is 153 Å². The third-order valence-electron chi connectivity index (χ3n) is 4.99. The first-order valence-corrected chi connectivity index (χ1v) is 10.1. The summed E-state index contributed by atoms with van der Waals surface area (Å²) in [4.78, 5) is 16.9. The molecule has 0 unspecified atom stereocenters. The van der Waals surface area contributed by atoms with Crippen molar-refractivity contribution in [2.75, 3.05) is 13.1 Å². The zero-order chi connectivity index (χ0) is 17.6. The van der Waals surface area contributed by atoms with E-state index in [1.165, 1.54) is 38.5 Å². The highest BCUT2D eigenvalue weighted by Crippen LogP contribution is 2.22. The summed E-state index contributed by atoms with van der Waals surface area (Å²) in [5.74, 6) is -0.00132. The van der Waals surface area contributed by atoms with E-state index < -0.39 is 0 Å². The predicted molar refractivity (Wildman–Crippen MR) is 103 cm³/mol. The highest BCUT2D eigenvalue weighted by atomic mass is 32.1. The van der Waals surface area contributed by atoms with Gasteiger partial charge < -0.3 is 10.6 Å². The van der Waals surface area contributed by atoms with Crippen LogP contribution < -0.4 is 10.6 Å². The number of aryl methyl sites for hydroxylation is 1. The molecule has 1 amide bonds. The number of nitrogens with zero attached hydrogens (tertiary/aromatic N) is 2. The van der Waals surface area contributed by atoms with Crippen molar-refractivity contribution in [3.63, 3.8) is 0 Å². The maximum Gasteiger partial charge on any atom is 0.253 e. The molecule has 0 saturated heterocycles. The van der Waals surface area contributed by atoms with Crippen LogP contribution in [0.15, 0.2) is 17.6 Å². The molecule has 0 radical (unpaired) electrons. The van der Waals surface area contributed by atoms with Crippen molar-refractivity contribution in [3.05, 3.63) is 34.6 Å². The highest BCUT2D eigenvalue weighted by molar-refractivity contribution is 7.12. The number of amides is 1. The lowest BCUT2D eigenvalue weighted by Crippen LogP contribution is -2.37. The smallest absolute Gasteiger partial charge is 0.253 e. The van der Waals surface area contributed by atoms with Crippen molar-refractivity contribution in [3.8, 4) is 5.13 Å². The van der Waals surface area contributed by atoms with Gasteiger partial charge in [-0.2, -0.15) is 0 Å². The molecule has 0 spiro atoms. The topological polar surface area (TPSA) is 59.0 Å². The van der Waals surface area contributed by atoms with E-state index in [-0.39, 0.29) is 5.91 Å². The number of hydrogen-bond acceptors (Lipinski definition) is 4. The van der Waals surface area contributed by atoms with Crippen LogP contribution >= 0.6 is 11.3 Å². The Morgan fingerprint density at radius 1 is 1.24 bits per heavy atom.